The average molecular weight is 485 g/mol. The van der Waals surface area contributed by atoms with Gasteiger partial charge in [-0.15, -0.1) is 35.7 Å². The van der Waals surface area contributed by atoms with Crippen molar-refractivity contribution in [3.05, 3.63) is 30.1 Å². The van der Waals surface area contributed by atoms with E-state index in [4.69, 9.17) is 9.47 Å². The number of nitrogens with zero attached hydrogens (tertiary/aromatic N) is 1. The summed E-state index contributed by atoms with van der Waals surface area (Å²) in [5.41, 5.74) is 0. The van der Waals surface area contributed by atoms with Crippen LogP contribution in [0.1, 0.15) is 13.3 Å². The summed E-state index contributed by atoms with van der Waals surface area (Å²) in [5.74, 6) is 1.56. The molecule has 1 aromatic carbocycles. The number of hydrogen-bond acceptors (Lipinski definition) is 4. The maximum atomic E-state index is 12.8. The van der Waals surface area contributed by atoms with Crippen LogP contribution < -0.4 is 10.6 Å². The molecular formula is C17H29FIN3O2S. The molecule has 25 heavy (non-hydrogen) atoms. The van der Waals surface area contributed by atoms with Crippen molar-refractivity contribution < 1.29 is 13.9 Å². The predicted molar refractivity (Wildman–Crippen MR) is 114 cm³/mol. The van der Waals surface area contributed by atoms with E-state index in [2.05, 4.69) is 15.6 Å². The lowest BCUT2D eigenvalue weighted by atomic mass is 10.4. The first-order valence-corrected chi connectivity index (χ1v) is 9.22. The Balaban J connectivity index is 0.00000576. The Morgan fingerprint density at radius 3 is 2.60 bits per heavy atom. The Labute approximate surface area is 171 Å². The monoisotopic (exact) mass is 485 g/mol. The molecule has 0 aromatic heterocycles. The summed E-state index contributed by atoms with van der Waals surface area (Å²) in [5, 5.41) is 6.45. The van der Waals surface area contributed by atoms with Crippen molar-refractivity contribution >= 4 is 41.7 Å². The molecule has 0 fully saturated rings. The third-order valence-electron chi connectivity index (χ3n) is 2.97. The number of methoxy groups -OCH3 is 1. The second kappa shape index (κ2) is 16.9. The zero-order chi connectivity index (χ0) is 17.5. The molecule has 0 aliphatic heterocycles. The number of hydrogen-bond donors (Lipinski definition) is 2. The van der Waals surface area contributed by atoms with Gasteiger partial charge < -0.3 is 20.1 Å². The Bertz CT molecular complexity index is 464. The van der Waals surface area contributed by atoms with Gasteiger partial charge in [0.25, 0.3) is 0 Å². The quantitative estimate of drug-likeness (QED) is 0.157. The molecule has 0 aliphatic carbocycles. The molecule has 2 N–H and O–H groups in total. The number of nitrogens with one attached hydrogen (secondary N) is 2. The molecule has 1 aromatic rings. The van der Waals surface area contributed by atoms with Gasteiger partial charge in [0.2, 0.25) is 0 Å². The molecule has 8 heteroatoms. The van der Waals surface area contributed by atoms with Gasteiger partial charge in [-0.1, -0.05) is 0 Å². The topological polar surface area (TPSA) is 54.9 Å². The van der Waals surface area contributed by atoms with Gasteiger partial charge in [-0.25, -0.2) is 4.39 Å². The number of aliphatic imine (C=N–C) groups is 1. The van der Waals surface area contributed by atoms with Gasteiger partial charge in [0.15, 0.2) is 5.96 Å². The molecule has 0 saturated heterocycles. The van der Waals surface area contributed by atoms with E-state index in [9.17, 15) is 4.39 Å². The first kappa shape index (κ1) is 24.4. The fraction of sp³-hybridized carbons (Fsp3) is 0.588. The molecule has 5 nitrogen and oxygen atoms in total. The minimum absolute atomic E-state index is 0. The second-order valence-corrected chi connectivity index (χ2v) is 6.12. The largest absolute Gasteiger partial charge is 0.382 e. The standard InChI is InChI=1S/C17H28FN3O2S.HI/c1-3-19-17(21-10-11-23-13-12-22-2)20-9-4-14-24-16-7-5-15(18)6-8-16;/h5-8H,3-4,9-14H2,1-2H3,(H2,19,20,21);1H. The minimum atomic E-state index is -0.198. The van der Waals surface area contributed by atoms with Crippen LogP contribution in [0, 0.1) is 5.82 Å². The molecule has 0 amide bonds. The lowest BCUT2D eigenvalue weighted by Crippen LogP contribution is -2.39. The van der Waals surface area contributed by atoms with Crippen molar-refractivity contribution in [2.75, 3.05) is 52.3 Å². The highest BCUT2D eigenvalue weighted by atomic mass is 127. The van der Waals surface area contributed by atoms with E-state index in [1.165, 1.54) is 12.1 Å². The zero-order valence-electron chi connectivity index (χ0n) is 14.9. The molecule has 0 atom stereocenters. The van der Waals surface area contributed by atoms with Crippen LogP contribution in [0.15, 0.2) is 34.2 Å². The Morgan fingerprint density at radius 1 is 1.16 bits per heavy atom. The van der Waals surface area contributed by atoms with Crippen LogP contribution in [0.25, 0.3) is 0 Å². The van der Waals surface area contributed by atoms with Crippen molar-refractivity contribution in [2.24, 2.45) is 4.99 Å². The van der Waals surface area contributed by atoms with Crippen LogP contribution in [-0.2, 0) is 9.47 Å². The maximum absolute atomic E-state index is 12.8. The molecular weight excluding hydrogens is 456 g/mol. The third kappa shape index (κ3) is 13.3. The molecule has 0 spiro atoms. The first-order chi connectivity index (χ1) is 11.8. The van der Waals surface area contributed by atoms with Gasteiger partial charge in [-0.2, -0.15) is 0 Å². The van der Waals surface area contributed by atoms with Crippen LogP contribution in [0.5, 0.6) is 0 Å². The van der Waals surface area contributed by atoms with E-state index in [0.717, 1.165) is 36.1 Å². The SMILES string of the molecule is CCNC(=NCCCSc1ccc(F)cc1)NCCOCCOC.I. The zero-order valence-corrected chi connectivity index (χ0v) is 18.1. The second-order valence-electron chi connectivity index (χ2n) is 4.95. The maximum Gasteiger partial charge on any atom is 0.191 e. The van der Waals surface area contributed by atoms with E-state index in [0.29, 0.717) is 26.4 Å². The molecule has 0 aliphatic rings. The fourth-order valence-corrected chi connectivity index (χ4v) is 2.64. The summed E-state index contributed by atoms with van der Waals surface area (Å²) < 4.78 is 23.1. The predicted octanol–water partition coefficient (Wildman–Crippen LogP) is 3.14. The Kier molecular flexibility index (Phi) is 16.5. The molecule has 0 heterocycles. The van der Waals surface area contributed by atoms with E-state index in [1.54, 1.807) is 31.0 Å². The Morgan fingerprint density at radius 2 is 1.92 bits per heavy atom. The van der Waals surface area contributed by atoms with Crippen LogP contribution in [0.2, 0.25) is 0 Å². The summed E-state index contributed by atoms with van der Waals surface area (Å²) in [4.78, 5) is 5.62. The molecule has 0 radical (unpaired) electrons. The van der Waals surface area contributed by atoms with E-state index in [1.807, 2.05) is 6.92 Å². The highest BCUT2D eigenvalue weighted by Crippen LogP contribution is 2.18. The number of guanidine groups is 1. The molecule has 1 rings (SSSR count). The molecule has 0 bridgehead atoms. The van der Waals surface area contributed by atoms with Gasteiger partial charge in [0.05, 0.1) is 19.8 Å². The van der Waals surface area contributed by atoms with Crippen molar-refractivity contribution in [1.29, 1.82) is 0 Å². The van der Waals surface area contributed by atoms with Gasteiger partial charge in [0.1, 0.15) is 5.82 Å². The van der Waals surface area contributed by atoms with Crippen molar-refractivity contribution in [2.45, 2.75) is 18.2 Å². The fourth-order valence-electron chi connectivity index (χ4n) is 1.80. The van der Waals surface area contributed by atoms with Crippen LogP contribution in [0.4, 0.5) is 4.39 Å². The highest BCUT2D eigenvalue weighted by Gasteiger charge is 1.98. The van der Waals surface area contributed by atoms with Gasteiger partial charge in [0, 0.05) is 31.6 Å². The number of thioether (sulfide) groups is 1. The number of ether oxygens (including phenoxy) is 2. The van der Waals surface area contributed by atoms with Gasteiger partial charge in [-0.05, 0) is 43.4 Å². The van der Waals surface area contributed by atoms with E-state index in [-0.39, 0.29) is 29.8 Å². The molecule has 144 valence electrons. The normalized spacial score (nSPS) is 11.1. The number of benzene rings is 1. The third-order valence-corrected chi connectivity index (χ3v) is 4.07. The first-order valence-electron chi connectivity index (χ1n) is 8.23. The molecule has 0 saturated carbocycles. The summed E-state index contributed by atoms with van der Waals surface area (Å²) in [6.45, 7) is 6.14. The van der Waals surface area contributed by atoms with E-state index >= 15 is 0 Å². The number of halogens is 2. The Hall–Kier alpha value is -0.580. The van der Waals surface area contributed by atoms with Crippen molar-refractivity contribution in [3.63, 3.8) is 0 Å². The lowest BCUT2D eigenvalue weighted by molar-refractivity contribution is 0.0733. The minimum Gasteiger partial charge on any atom is -0.382 e. The van der Waals surface area contributed by atoms with Gasteiger partial charge in [-0.3, -0.25) is 4.99 Å². The van der Waals surface area contributed by atoms with Crippen LogP contribution >= 0.6 is 35.7 Å². The van der Waals surface area contributed by atoms with Crippen molar-refractivity contribution in [1.82, 2.24) is 10.6 Å². The number of rotatable bonds is 12. The average Bonchev–Trinajstić information content (AvgIpc) is 2.59. The van der Waals surface area contributed by atoms with E-state index < -0.39 is 0 Å². The van der Waals surface area contributed by atoms with Crippen molar-refractivity contribution in [3.8, 4) is 0 Å². The summed E-state index contributed by atoms with van der Waals surface area (Å²) in [6, 6.07) is 6.59. The summed E-state index contributed by atoms with van der Waals surface area (Å²) in [6.07, 6.45) is 0.961. The lowest BCUT2D eigenvalue weighted by Gasteiger charge is -2.11. The van der Waals surface area contributed by atoms with Gasteiger partial charge >= 0.3 is 0 Å². The smallest absolute Gasteiger partial charge is 0.191 e. The molecule has 0 unspecified atom stereocenters. The summed E-state index contributed by atoms with van der Waals surface area (Å²) in [7, 11) is 1.66. The van der Waals surface area contributed by atoms with Crippen LogP contribution in [0.3, 0.4) is 0 Å². The highest BCUT2D eigenvalue weighted by molar-refractivity contribution is 14.0. The summed E-state index contributed by atoms with van der Waals surface area (Å²) >= 11 is 1.71. The van der Waals surface area contributed by atoms with Crippen LogP contribution in [-0.4, -0.2) is 58.3 Å².